The average molecular weight is 395 g/mol. The van der Waals surface area contributed by atoms with Crippen molar-refractivity contribution >= 4 is 40.1 Å². The van der Waals surface area contributed by atoms with Crippen LogP contribution in [0.25, 0.3) is 11.0 Å². The topological polar surface area (TPSA) is 86.0 Å². The van der Waals surface area contributed by atoms with Crippen LogP contribution in [0.4, 0.5) is 0 Å². The molecular weight excluding hydrogens is 383 g/mol. The van der Waals surface area contributed by atoms with Crippen LogP contribution in [0, 0.1) is 0 Å². The molecule has 1 aromatic heterocycles. The van der Waals surface area contributed by atoms with Crippen LogP contribution in [0.1, 0.15) is 5.56 Å². The number of esters is 1. The number of halogens is 2. The van der Waals surface area contributed by atoms with E-state index in [2.05, 4.69) is 0 Å². The molecule has 26 heavy (non-hydrogen) atoms. The highest BCUT2D eigenvalue weighted by Gasteiger charge is 2.11. The van der Waals surface area contributed by atoms with Crippen molar-refractivity contribution in [2.24, 2.45) is 0 Å². The molecule has 3 rings (SSSR count). The number of ether oxygens (including phenoxy) is 2. The fourth-order valence-corrected chi connectivity index (χ4v) is 2.73. The molecule has 0 fully saturated rings. The third-order valence-electron chi connectivity index (χ3n) is 3.44. The van der Waals surface area contributed by atoms with Crippen molar-refractivity contribution in [1.29, 1.82) is 0 Å². The van der Waals surface area contributed by atoms with Crippen LogP contribution in [0.3, 0.4) is 0 Å². The van der Waals surface area contributed by atoms with E-state index in [1.165, 1.54) is 24.3 Å². The fourth-order valence-electron chi connectivity index (χ4n) is 2.27. The summed E-state index contributed by atoms with van der Waals surface area (Å²) in [5.74, 6) is -0.381. The molecule has 3 aromatic rings. The van der Waals surface area contributed by atoms with Gasteiger partial charge in [-0.15, -0.1) is 0 Å². The highest BCUT2D eigenvalue weighted by Crippen LogP contribution is 2.27. The summed E-state index contributed by atoms with van der Waals surface area (Å²) in [7, 11) is 0. The molecular formula is C18H12Cl2O6. The van der Waals surface area contributed by atoms with Crippen molar-refractivity contribution in [3.05, 3.63) is 68.5 Å². The van der Waals surface area contributed by atoms with Gasteiger partial charge in [-0.2, -0.15) is 0 Å². The molecule has 2 aromatic carbocycles. The Morgan fingerprint density at radius 2 is 1.92 bits per heavy atom. The predicted molar refractivity (Wildman–Crippen MR) is 95.9 cm³/mol. The van der Waals surface area contributed by atoms with Gasteiger partial charge in [0.15, 0.2) is 6.61 Å². The van der Waals surface area contributed by atoms with Crippen molar-refractivity contribution in [2.45, 2.75) is 6.61 Å². The summed E-state index contributed by atoms with van der Waals surface area (Å²) in [5, 5.41) is 10.7. The number of carbonyl (C=O) groups excluding carboxylic acids is 1. The second kappa shape index (κ2) is 7.68. The smallest absolute Gasteiger partial charge is 0.344 e. The molecule has 0 bridgehead atoms. The second-order valence-electron chi connectivity index (χ2n) is 5.30. The summed E-state index contributed by atoms with van der Waals surface area (Å²) in [5.41, 5.74) is 0.0419. The molecule has 0 unspecified atom stereocenters. The van der Waals surface area contributed by atoms with Gasteiger partial charge >= 0.3 is 11.6 Å². The summed E-state index contributed by atoms with van der Waals surface area (Å²) < 4.78 is 15.4. The summed E-state index contributed by atoms with van der Waals surface area (Å²) in [4.78, 5) is 23.5. The van der Waals surface area contributed by atoms with Gasteiger partial charge in [0.05, 0.1) is 5.02 Å². The summed E-state index contributed by atoms with van der Waals surface area (Å²) in [6, 6.07) is 10.2. The van der Waals surface area contributed by atoms with Crippen LogP contribution in [0.5, 0.6) is 11.5 Å². The summed E-state index contributed by atoms with van der Waals surface area (Å²) in [6.07, 6.45) is 0. The zero-order valence-electron chi connectivity index (χ0n) is 13.2. The van der Waals surface area contributed by atoms with E-state index in [1.54, 1.807) is 18.2 Å². The first-order chi connectivity index (χ1) is 12.4. The highest BCUT2D eigenvalue weighted by atomic mass is 35.5. The van der Waals surface area contributed by atoms with E-state index in [0.29, 0.717) is 21.7 Å². The lowest BCUT2D eigenvalue weighted by molar-refractivity contribution is -0.147. The molecule has 6 nitrogen and oxygen atoms in total. The fraction of sp³-hybridized carbons (Fsp3) is 0.111. The van der Waals surface area contributed by atoms with Gasteiger partial charge in [0.25, 0.3) is 0 Å². The largest absolute Gasteiger partial charge is 0.508 e. The Morgan fingerprint density at radius 1 is 1.12 bits per heavy atom. The number of phenolic OH excluding ortho intramolecular Hbond substituents is 1. The SMILES string of the molecule is O=C(COc1ccc(Cl)cc1Cl)OCc1cc(=O)oc2cc(O)ccc12. The normalized spacial score (nSPS) is 10.7. The number of phenols is 1. The molecule has 0 saturated carbocycles. The van der Waals surface area contributed by atoms with Crippen molar-refractivity contribution < 1.29 is 23.8 Å². The molecule has 0 aliphatic carbocycles. The number of carbonyl (C=O) groups is 1. The average Bonchev–Trinajstić information content (AvgIpc) is 2.58. The van der Waals surface area contributed by atoms with E-state index < -0.39 is 11.6 Å². The van der Waals surface area contributed by atoms with Gasteiger partial charge in [-0.25, -0.2) is 9.59 Å². The van der Waals surface area contributed by atoms with E-state index in [-0.39, 0.29) is 29.6 Å². The van der Waals surface area contributed by atoms with Crippen molar-refractivity contribution in [1.82, 2.24) is 0 Å². The van der Waals surface area contributed by atoms with Gasteiger partial charge in [0.2, 0.25) is 0 Å². The number of fused-ring (bicyclic) bond motifs is 1. The molecule has 1 heterocycles. The number of aromatic hydroxyl groups is 1. The quantitative estimate of drug-likeness (QED) is 0.521. The Kier molecular flexibility index (Phi) is 5.35. The first kappa shape index (κ1) is 18.1. The van der Waals surface area contributed by atoms with Crippen LogP contribution < -0.4 is 10.4 Å². The molecule has 0 spiro atoms. The maximum Gasteiger partial charge on any atom is 0.344 e. The molecule has 134 valence electrons. The van der Waals surface area contributed by atoms with E-state index in [1.807, 2.05) is 0 Å². The number of rotatable bonds is 5. The zero-order valence-corrected chi connectivity index (χ0v) is 14.7. The Bertz CT molecular complexity index is 1030. The zero-order chi connectivity index (χ0) is 18.7. The maximum atomic E-state index is 11.9. The van der Waals surface area contributed by atoms with Crippen LogP contribution in [-0.4, -0.2) is 17.7 Å². The van der Waals surface area contributed by atoms with Gasteiger partial charge in [0, 0.05) is 28.1 Å². The Morgan fingerprint density at radius 3 is 2.69 bits per heavy atom. The lowest BCUT2D eigenvalue weighted by atomic mass is 10.1. The molecule has 8 heteroatoms. The minimum atomic E-state index is -0.642. The standard InChI is InChI=1S/C18H12Cl2O6/c19-11-1-4-15(14(20)6-11)24-9-18(23)25-8-10-5-17(22)26-16-7-12(21)2-3-13(10)16/h1-7,21H,8-9H2. The molecule has 0 radical (unpaired) electrons. The van der Waals surface area contributed by atoms with Crippen LogP contribution in [0.2, 0.25) is 10.0 Å². The Balaban J connectivity index is 1.66. The van der Waals surface area contributed by atoms with E-state index in [0.717, 1.165) is 0 Å². The third kappa shape index (κ3) is 4.28. The van der Waals surface area contributed by atoms with E-state index in [9.17, 15) is 14.7 Å². The molecule has 0 atom stereocenters. The number of hydrogen-bond acceptors (Lipinski definition) is 6. The monoisotopic (exact) mass is 394 g/mol. The first-order valence-corrected chi connectivity index (χ1v) is 8.17. The van der Waals surface area contributed by atoms with Crippen molar-refractivity contribution in [2.75, 3.05) is 6.61 Å². The predicted octanol–water partition coefficient (Wildman–Crippen LogP) is 3.93. The minimum absolute atomic E-state index is 0.0389. The van der Waals surface area contributed by atoms with Gasteiger partial charge in [-0.1, -0.05) is 23.2 Å². The maximum absolute atomic E-state index is 11.9. The molecule has 1 N–H and O–H groups in total. The number of benzene rings is 2. The third-order valence-corrected chi connectivity index (χ3v) is 3.97. The van der Waals surface area contributed by atoms with E-state index >= 15 is 0 Å². The van der Waals surface area contributed by atoms with Crippen molar-refractivity contribution in [3.8, 4) is 11.5 Å². The minimum Gasteiger partial charge on any atom is -0.508 e. The second-order valence-corrected chi connectivity index (χ2v) is 6.14. The van der Waals surface area contributed by atoms with Gasteiger partial charge < -0.3 is 19.0 Å². The van der Waals surface area contributed by atoms with Crippen LogP contribution >= 0.6 is 23.2 Å². The number of hydrogen-bond donors (Lipinski definition) is 1. The van der Waals surface area contributed by atoms with Crippen LogP contribution in [0.15, 0.2) is 51.7 Å². The Labute approximate surface area is 157 Å². The lowest BCUT2D eigenvalue weighted by Gasteiger charge is -2.09. The molecule has 0 amide bonds. The Hall–Kier alpha value is -2.70. The lowest BCUT2D eigenvalue weighted by Crippen LogP contribution is -2.15. The first-order valence-electron chi connectivity index (χ1n) is 7.41. The molecule has 0 aliphatic heterocycles. The van der Waals surface area contributed by atoms with Gasteiger partial charge in [-0.3, -0.25) is 0 Å². The van der Waals surface area contributed by atoms with Gasteiger partial charge in [-0.05, 0) is 30.3 Å². The van der Waals surface area contributed by atoms with Gasteiger partial charge in [0.1, 0.15) is 23.7 Å². The summed E-state index contributed by atoms with van der Waals surface area (Å²) in [6.45, 7) is -0.509. The van der Waals surface area contributed by atoms with E-state index in [4.69, 9.17) is 37.1 Å². The van der Waals surface area contributed by atoms with Crippen LogP contribution in [-0.2, 0) is 16.1 Å². The summed E-state index contributed by atoms with van der Waals surface area (Å²) >= 11 is 11.7. The highest BCUT2D eigenvalue weighted by molar-refractivity contribution is 6.35. The molecule has 0 aliphatic rings. The molecule has 0 saturated heterocycles. The van der Waals surface area contributed by atoms with Crippen molar-refractivity contribution in [3.63, 3.8) is 0 Å².